The summed E-state index contributed by atoms with van der Waals surface area (Å²) in [6, 6.07) is -4.90. The van der Waals surface area contributed by atoms with Crippen molar-refractivity contribution in [1.82, 2.24) is 5.32 Å². The molecule has 20 N–H and O–H groups in total. The van der Waals surface area contributed by atoms with Crippen LogP contribution in [0.15, 0.2) is 0 Å². The van der Waals surface area contributed by atoms with Crippen LogP contribution < -0.4 is 28.3 Å². The standard InChI is InChI=1S/C31H57N5O20/c1-7(40)36-9-2-8(33)16(41)27(24(9)53-28-14(34)19(44)17(42)11(4-37)50-28)56-31-23(48)26(13(6-39)52-31)54-29-15(35)20(45)25(10(3-32)49-29)55-30-22(47)21(46)18(43)12(5-38)51-30/h8-31,37-39,41-48H,2-6,32-35H2,1H3,(H,36,40). The summed E-state index contributed by atoms with van der Waals surface area (Å²) in [5.41, 5.74) is 24.5. The third-order valence-corrected chi connectivity index (χ3v) is 10.8. The quantitative estimate of drug-likeness (QED) is 0.0820. The molecule has 0 aromatic heterocycles. The number of hydrogen-bond donors (Lipinski definition) is 16. The Morgan fingerprint density at radius 1 is 0.554 bits per heavy atom. The molecule has 1 saturated carbocycles. The van der Waals surface area contributed by atoms with Crippen molar-refractivity contribution < 1.29 is 98.9 Å². The normalized spacial score (nSPS) is 51.5. The molecule has 4 saturated heterocycles. The Kier molecular flexibility index (Phi) is 15.7. The molecule has 0 radical (unpaired) electrons. The molecule has 25 nitrogen and oxygen atoms in total. The Labute approximate surface area is 319 Å². The number of carbonyl (C=O) groups is 1. The maximum Gasteiger partial charge on any atom is 0.217 e. The van der Waals surface area contributed by atoms with Gasteiger partial charge in [0.25, 0.3) is 0 Å². The van der Waals surface area contributed by atoms with E-state index in [1.807, 2.05) is 0 Å². The highest BCUT2D eigenvalue weighted by Crippen LogP contribution is 2.36. The summed E-state index contributed by atoms with van der Waals surface area (Å²) in [4.78, 5) is 12.2. The van der Waals surface area contributed by atoms with Gasteiger partial charge in [0.2, 0.25) is 5.91 Å². The summed E-state index contributed by atoms with van der Waals surface area (Å²) in [7, 11) is 0. The minimum absolute atomic E-state index is 0.0659. The molecule has 4 aliphatic heterocycles. The lowest BCUT2D eigenvalue weighted by Crippen LogP contribution is -2.68. The molecule has 0 aromatic carbocycles. The summed E-state index contributed by atoms with van der Waals surface area (Å²) in [5.74, 6) is -0.530. The number of nitrogens with one attached hydrogen (secondary N) is 1. The van der Waals surface area contributed by atoms with Crippen molar-refractivity contribution in [2.24, 2.45) is 22.9 Å². The molecular formula is C31H57N5O20. The van der Waals surface area contributed by atoms with Crippen LogP contribution in [0.1, 0.15) is 13.3 Å². The molecule has 1 aliphatic carbocycles. The molecule has 5 rings (SSSR count). The monoisotopic (exact) mass is 819 g/mol. The van der Waals surface area contributed by atoms with Crippen LogP contribution in [0.25, 0.3) is 0 Å². The Hall–Kier alpha value is -1.45. The summed E-state index contributed by atoms with van der Waals surface area (Å²) >= 11 is 0. The number of amides is 1. The minimum atomic E-state index is -1.82. The number of ether oxygens (including phenoxy) is 8. The van der Waals surface area contributed by atoms with Gasteiger partial charge >= 0.3 is 0 Å². The lowest BCUT2D eigenvalue weighted by Gasteiger charge is -2.48. The van der Waals surface area contributed by atoms with Crippen LogP contribution in [-0.2, 0) is 42.7 Å². The van der Waals surface area contributed by atoms with Crippen LogP contribution in [0.4, 0.5) is 0 Å². The number of hydrogen-bond acceptors (Lipinski definition) is 24. The molecule has 56 heavy (non-hydrogen) atoms. The molecule has 24 atom stereocenters. The van der Waals surface area contributed by atoms with Crippen LogP contribution in [0.2, 0.25) is 0 Å². The van der Waals surface area contributed by atoms with Gasteiger partial charge in [0, 0.05) is 19.5 Å². The largest absolute Gasteiger partial charge is 0.394 e. The van der Waals surface area contributed by atoms with Crippen LogP contribution in [-0.4, -0.2) is 235 Å². The van der Waals surface area contributed by atoms with Gasteiger partial charge in [-0.2, -0.15) is 0 Å². The van der Waals surface area contributed by atoms with E-state index in [0.717, 1.165) is 0 Å². The second-order valence-corrected chi connectivity index (χ2v) is 14.6. The van der Waals surface area contributed by atoms with Gasteiger partial charge in [-0.05, 0) is 6.42 Å². The molecule has 24 unspecified atom stereocenters. The second kappa shape index (κ2) is 19.3. The summed E-state index contributed by atoms with van der Waals surface area (Å²) in [6.45, 7) is -1.38. The molecule has 1 amide bonds. The first-order valence-corrected chi connectivity index (χ1v) is 18.2. The first kappa shape index (κ1) is 45.6. The number of carbonyl (C=O) groups excluding carboxylic acids is 1. The average molecular weight is 820 g/mol. The Morgan fingerprint density at radius 2 is 1.00 bits per heavy atom. The van der Waals surface area contributed by atoms with E-state index >= 15 is 0 Å². The fourth-order valence-corrected chi connectivity index (χ4v) is 7.54. The maximum atomic E-state index is 12.2. The van der Waals surface area contributed by atoms with Crippen LogP contribution in [0.5, 0.6) is 0 Å². The fourth-order valence-electron chi connectivity index (χ4n) is 7.54. The summed E-state index contributed by atoms with van der Waals surface area (Å²) in [5, 5.41) is 118. The summed E-state index contributed by atoms with van der Waals surface area (Å²) in [6.07, 6.45) is -31.1. The topological polar surface area (TPSA) is 430 Å². The van der Waals surface area contributed by atoms with Crippen molar-refractivity contribution in [1.29, 1.82) is 0 Å². The van der Waals surface area contributed by atoms with Gasteiger partial charge in [-0.1, -0.05) is 0 Å². The van der Waals surface area contributed by atoms with E-state index < -0.39 is 173 Å². The third kappa shape index (κ3) is 9.30. The van der Waals surface area contributed by atoms with E-state index in [1.54, 1.807) is 0 Å². The van der Waals surface area contributed by atoms with Crippen LogP contribution in [0.3, 0.4) is 0 Å². The van der Waals surface area contributed by atoms with Gasteiger partial charge in [-0.3, -0.25) is 4.79 Å². The predicted octanol–water partition coefficient (Wildman–Crippen LogP) is -10.9. The van der Waals surface area contributed by atoms with Crippen molar-refractivity contribution in [2.45, 2.75) is 160 Å². The predicted molar refractivity (Wildman–Crippen MR) is 179 cm³/mol. The van der Waals surface area contributed by atoms with E-state index in [2.05, 4.69) is 5.32 Å². The van der Waals surface area contributed by atoms with Crippen molar-refractivity contribution in [2.75, 3.05) is 26.4 Å². The Balaban J connectivity index is 1.31. The van der Waals surface area contributed by atoms with Gasteiger partial charge in [0.1, 0.15) is 91.6 Å². The molecule has 5 fully saturated rings. The first-order chi connectivity index (χ1) is 26.5. The highest BCUT2D eigenvalue weighted by atomic mass is 16.8. The zero-order valence-corrected chi connectivity index (χ0v) is 30.3. The molecule has 25 heteroatoms. The number of rotatable bonds is 13. The lowest BCUT2D eigenvalue weighted by molar-refractivity contribution is -0.348. The average Bonchev–Trinajstić information content (AvgIpc) is 3.47. The van der Waals surface area contributed by atoms with E-state index in [1.165, 1.54) is 6.92 Å². The van der Waals surface area contributed by atoms with Crippen molar-refractivity contribution >= 4 is 5.91 Å². The van der Waals surface area contributed by atoms with Crippen LogP contribution >= 0.6 is 0 Å². The molecular weight excluding hydrogens is 762 g/mol. The van der Waals surface area contributed by atoms with Crippen molar-refractivity contribution in [3.8, 4) is 0 Å². The number of aliphatic hydroxyl groups is 11. The zero-order chi connectivity index (χ0) is 41.3. The van der Waals surface area contributed by atoms with Crippen LogP contribution in [0, 0.1) is 0 Å². The Bertz CT molecular complexity index is 1260. The van der Waals surface area contributed by atoms with E-state index in [9.17, 15) is 61.0 Å². The fraction of sp³-hybridized carbons (Fsp3) is 0.968. The molecule has 0 aromatic rings. The van der Waals surface area contributed by atoms with Gasteiger partial charge in [-0.25, -0.2) is 0 Å². The maximum absolute atomic E-state index is 12.2. The molecule has 4 heterocycles. The van der Waals surface area contributed by atoms with E-state index in [0.29, 0.717) is 0 Å². The number of nitrogens with two attached hydrogens (primary N) is 4. The molecule has 5 aliphatic rings. The first-order valence-electron chi connectivity index (χ1n) is 18.2. The van der Waals surface area contributed by atoms with Gasteiger partial charge < -0.3 is 122 Å². The number of aliphatic hydroxyl groups excluding tert-OH is 11. The van der Waals surface area contributed by atoms with Gasteiger partial charge in [0.05, 0.1) is 44.1 Å². The summed E-state index contributed by atoms with van der Waals surface area (Å²) < 4.78 is 46.4. The third-order valence-electron chi connectivity index (χ3n) is 10.8. The van der Waals surface area contributed by atoms with Gasteiger partial charge in [-0.15, -0.1) is 0 Å². The van der Waals surface area contributed by atoms with E-state index in [-0.39, 0.29) is 13.0 Å². The smallest absolute Gasteiger partial charge is 0.217 e. The SMILES string of the molecule is CC(=O)NC1CC(N)C(O)C(OC2OC(CO)C(OC3OC(CN)C(OC4OC(CO)C(O)C(O)C4O)C(O)C3N)C2O)C1OC1OC(CO)C(O)C(O)C1N. The Morgan fingerprint density at radius 3 is 1.57 bits per heavy atom. The highest BCUT2D eigenvalue weighted by Gasteiger charge is 2.56. The van der Waals surface area contributed by atoms with E-state index in [4.69, 9.17) is 60.8 Å². The highest BCUT2D eigenvalue weighted by molar-refractivity contribution is 5.73. The lowest BCUT2D eigenvalue weighted by atomic mass is 9.83. The minimum Gasteiger partial charge on any atom is -0.394 e. The molecule has 326 valence electrons. The second-order valence-electron chi connectivity index (χ2n) is 14.6. The molecule has 0 spiro atoms. The molecule has 0 bridgehead atoms. The van der Waals surface area contributed by atoms with Crippen molar-refractivity contribution in [3.63, 3.8) is 0 Å². The zero-order valence-electron chi connectivity index (χ0n) is 30.3. The van der Waals surface area contributed by atoms with Gasteiger partial charge in [0.15, 0.2) is 25.2 Å². The van der Waals surface area contributed by atoms with Crippen molar-refractivity contribution in [3.05, 3.63) is 0 Å².